The van der Waals surface area contributed by atoms with Gasteiger partial charge in [-0.1, -0.05) is 237 Å². The zero-order valence-electron chi connectivity index (χ0n) is 48.1. The van der Waals surface area contributed by atoms with Crippen molar-refractivity contribution in [2.75, 3.05) is 40.9 Å². The molecule has 1 amide bonds. The van der Waals surface area contributed by atoms with Crippen LogP contribution in [0.15, 0.2) is 48.6 Å². The molecule has 0 saturated carbocycles. The largest absolute Gasteiger partial charge is 0.756 e. The van der Waals surface area contributed by atoms with Gasteiger partial charge in [0.05, 0.1) is 33.8 Å². The summed E-state index contributed by atoms with van der Waals surface area (Å²) in [4.78, 5) is 39.9. The van der Waals surface area contributed by atoms with Gasteiger partial charge in [-0.3, -0.25) is 14.2 Å². The summed E-state index contributed by atoms with van der Waals surface area (Å²) in [6, 6.07) is -0.890. The SMILES string of the molecule is CC/C=C/C/C=C/CCCCCCCCCC(=O)OC(/C=C\CCCCCCCCCCC)C(COP(=O)([O-])OCC[N+](C)(C)C)NC(=O)CCCCCCCCCCCCC/C=C/CCCCCCCC. The Balaban J connectivity index is 5.18. The van der Waals surface area contributed by atoms with Crippen LogP contribution < -0.4 is 10.2 Å². The monoisotopic (exact) mass is 1030 g/mol. The Morgan fingerprint density at radius 3 is 1.33 bits per heavy atom. The van der Waals surface area contributed by atoms with E-state index < -0.39 is 20.0 Å². The molecule has 0 aromatic heterocycles. The van der Waals surface area contributed by atoms with E-state index in [0.29, 0.717) is 17.4 Å². The molecule has 422 valence electrons. The van der Waals surface area contributed by atoms with Gasteiger partial charge in [0, 0.05) is 12.8 Å². The summed E-state index contributed by atoms with van der Waals surface area (Å²) >= 11 is 0. The van der Waals surface area contributed by atoms with E-state index >= 15 is 0 Å². The molecule has 0 aliphatic heterocycles. The lowest BCUT2D eigenvalue weighted by Crippen LogP contribution is -2.47. The number of quaternary nitrogens is 1. The molecule has 0 aliphatic rings. The van der Waals surface area contributed by atoms with Crippen LogP contribution in [0, 0.1) is 0 Å². The van der Waals surface area contributed by atoms with Crippen LogP contribution >= 0.6 is 7.82 Å². The van der Waals surface area contributed by atoms with Crippen molar-refractivity contribution < 1.29 is 37.3 Å². The van der Waals surface area contributed by atoms with Gasteiger partial charge in [0.1, 0.15) is 19.3 Å². The number of allylic oxidation sites excluding steroid dienone is 7. The maximum absolute atomic E-state index is 13.5. The molecule has 0 rings (SSSR count). The van der Waals surface area contributed by atoms with Gasteiger partial charge in [0.15, 0.2) is 0 Å². The zero-order valence-corrected chi connectivity index (χ0v) is 49.0. The molecule has 3 unspecified atom stereocenters. The van der Waals surface area contributed by atoms with Crippen molar-refractivity contribution in [3.63, 3.8) is 0 Å². The average Bonchev–Trinajstić information content (AvgIpc) is 3.34. The Kier molecular flexibility index (Phi) is 50.9. The highest BCUT2D eigenvalue weighted by atomic mass is 31.2. The van der Waals surface area contributed by atoms with E-state index in [1.807, 2.05) is 33.3 Å². The summed E-state index contributed by atoms with van der Waals surface area (Å²) in [7, 11) is 1.18. The first-order valence-electron chi connectivity index (χ1n) is 30.4. The minimum atomic E-state index is -4.69. The van der Waals surface area contributed by atoms with Gasteiger partial charge in [-0.05, 0) is 83.1 Å². The Morgan fingerprint density at radius 2 is 0.889 bits per heavy atom. The number of esters is 1. The van der Waals surface area contributed by atoms with Gasteiger partial charge in [-0.15, -0.1) is 0 Å². The summed E-state index contributed by atoms with van der Waals surface area (Å²) < 4.78 is 30.3. The molecule has 9 nitrogen and oxygen atoms in total. The second-order valence-electron chi connectivity index (χ2n) is 21.8. The van der Waals surface area contributed by atoms with Crippen LogP contribution in [-0.2, 0) is 27.9 Å². The van der Waals surface area contributed by atoms with Crippen molar-refractivity contribution >= 4 is 19.7 Å². The standard InChI is InChI=1S/C62H117N2O7P/c1-7-10-13-16-19-22-25-27-29-30-31-32-33-34-35-36-39-42-45-48-51-54-61(65)63-59(58-70-72(67,68)69-57-56-64(4,5)6)60(53-50-47-44-41-38-24-21-18-15-12-9-3)71-62(66)55-52-49-46-43-40-37-28-26-23-20-17-14-11-8-2/h11,14,20,23,27,29,50,53,59-60H,7-10,12-13,15-19,21-22,24-26,28,30-49,51-52,54-58H2,1-6H3,(H-,63,65,67,68)/b14-11+,23-20+,29-27+,53-50-. The topological polar surface area (TPSA) is 114 Å². The highest BCUT2D eigenvalue weighted by Gasteiger charge is 2.27. The molecule has 0 spiro atoms. The van der Waals surface area contributed by atoms with Crippen molar-refractivity contribution in [3.8, 4) is 0 Å². The lowest BCUT2D eigenvalue weighted by atomic mass is 10.0. The van der Waals surface area contributed by atoms with E-state index in [0.717, 1.165) is 83.5 Å². The summed E-state index contributed by atoms with van der Waals surface area (Å²) in [5.41, 5.74) is 0. The number of phosphoric acid groups is 1. The molecule has 0 saturated heterocycles. The van der Waals surface area contributed by atoms with Crippen LogP contribution in [-0.4, -0.2) is 69.4 Å². The zero-order chi connectivity index (χ0) is 52.9. The number of hydrogen-bond acceptors (Lipinski definition) is 7. The number of hydrogen-bond donors (Lipinski definition) is 1. The van der Waals surface area contributed by atoms with Crippen molar-refractivity contribution in [1.82, 2.24) is 5.32 Å². The summed E-state index contributed by atoms with van der Waals surface area (Å²) in [6.07, 6.45) is 63.6. The smallest absolute Gasteiger partial charge is 0.306 e. The van der Waals surface area contributed by atoms with Gasteiger partial charge >= 0.3 is 5.97 Å². The maximum atomic E-state index is 13.5. The van der Waals surface area contributed by atoms with Gasteiger partial charge in [-0.2, -0.15) is 0 Å². The van der Waals surface area contributed by atoms with E-state index in [1.54, 1.807) is 0 Å². The fourth-order valence-electron chi connectivity index (χ4n) is 8.79. The Morgan fingerprint density at radius 1 is 0.500 bits per heavy atom. The van der Waals surface area contributed by atoms with Crippen LogP contribution in [0.5, 0.6) is 0 Å². The van der Waals surface area contributed by atoms with Crippen molar-refractivity contribution in [2.24, 2.45) is 0 Å². The molecule has 3 atom stereocenters. The van der Waals surface area contributed by atoms with Crippen LogP contribution in [0.3, 0.4) is 0 Å². The lowest BCUT2D eigenvalue weighted by molar-refractivity contribution is -0.870. The average molecular weight is 1030 g/mol. The quantitative estimate of drug-likeness (QED) is 0.0212. The fourth-order valence-corrected chi connectivity index (χ4v) is 9.51. The van der Waals surface area contributed by atoms with E-state index in [-0.39, 0.29) is 31.5 Å². The number of ether oxygens (including phenoxy) is 1. The number of rotatable bonds is 55. The molecular weight excluding hydrogens is 916 g/mol. The minimum Gasteiger partial charge on any atom is -0.756 e. The number of amides is 1. The third-order valence-electron chi connectivity index (χ3n) is 13.5. The van der Waals surface area contributed by atoms with Crippen LogP contribution in [0.1, 0.15) is 284 Å². The summed E-state index contributed by atoms with van der Waals surface area (Å²) in [6.45, 7) is 6.74. The third kappa shape index (κ3) is 52.8. The summed E-state index contributed by atoms with van der Waals surface area (Å²) in [5.74, 6) is -0.545. The number of phosphoric ester groups is 1. The minimum absolute atomic E-state index is 0.0234. The number of carbonyl (C=O) groups excluding carboxylic acids is 2. The number of likely N-dealkylation sites (N-methyl/N-ethyl adjacent to an activating group) is 1. The second kappa shape index (κ2) is 52.4. The van der Waals surface area contributed by atoms with Gasteiger partial charge in [-0.25, -0.2) is 0 Å². The van der Waals surface area contributed by atoms with Gasteiger partial charge in [0.25, 0.3) is 7.82 Å². The summed E-state index contributed by atoms with van der Waals surface area (Å²) in [5, 5.41) is 3.03. The van der Waals surface area contributed by atoms with E-state index in [9.17, 15) is 19.0 Å². The molecule has 0 aromatic rings. The lowest BCUT2D eigenvalue weighted by Gasteiger charge is -2.30. The molecule has 10 heteroatoms. The molecule has 0 aliphatic carbocycles. The van der Waals surface area contributed by atoms with E-state index in [2.05, 4.69) is 62.5 Å². The molecular formula is C62H117N2O7P. The number of nitrogens with zero attached hydrogens (tertiary/aromatic N) is 1. The van der Waals surface area contributed by atoms with Crippen LogP contribution in [0.2, 0.25) is 0 Å². The first-order chi connectivity index (χ1) is 34.9. The second-order valence-corrected chi connectivity index (χ2v) is 23.2. The molecule has 0 aromatic carbocycles. The van der Waals surface area contributed by atoms with E-state index in [4.69, 9.17) is 13.8 Å². The predicted molar refractivity (Wildman–Crippen MR) is 307 cm³/mol. The predicted octanol–water partition coefficient (Wildman–Crippen LogP) is 17.9. The molecule has 0 fully saturated rings. The van der Waals surface area contributed by atoms with Crippen LogP contribution in [0.4, 0.5) is 0 Å². The molecule has 0 bridgehead atoms. The Labute approximate surface area is 446 Å². The van der Waals surface area contributed by atoms with E-state index in [1.165, 1.54) is 167 Å². The van der Waals surface area contributed by atoms with Crippen molar-refractivity contribution in [1.29, 1.82) is 0 Å². The Bertz CT molecular complexity index is 1380. The maximum Gasteiger partial charge on any atom is 0.306 e. The fraction of sp³-hybridized carbons (Fsp3) is 0.839. The van der Waals surface area contributed by atoms with Crippen LogP contribution in [0.25, 0.3) is 0 Å². The number of nitrogens with one attached hydrogen (secondary N) is 1. The molecule has 0 heterocycles. The first kappa shape index (κ1) is 70.0. The van der Waals surface area contributed by atoms with Gasteiger partial charge < -0.3 is 28.5 Å². The van der Waals surface area contributed by atoms with Gasteiger partial charge in [0.2, 0.25) is 5.91 Å². The molecule has 0 radical (unpaired) electrons. The first-order valence-corrected chi connectivity index (χ1v) is 31.9. The van der Waals surface area contributed by atoms with Crippen molar-refractivity contribution in [2.45, 2.75) is 296 Å². The number of carbonyl (C=O) groups is 2. The normalized spacial score (nSPS) is 14.0. The highest BCUT2D eigenvalue weighted by molar-refractivity contribution is 7.45. The highest BCUT2D eigenvalue weighted by Crippen LogP contribution is 2.38. The van der Waals surface area contributed by atoms with Crippen molar-refractivity contribution in [3.05, 3.63) is 48.6 Å². The third-order valence-corrected chi connectivity index (χ3v) is 14.5. The molecule has 72 heavy (non-hydrogen) atoms. The number of unbranched alkanes of at least 4 members (excludes halogenated alkanes) is 33. The molecule has 1 N–H and O–H groups in total. The Hall–Kier alpha value is -2.03.